The molecule has 0 aromatic rings. The van der Waals surface area contributed by atoms with Crippen molar-refractivity contribution in [1.29, 1.82) is 0 Å². The van der Waals surface area contributed by atoms with E-state index in [0.29, 0.717) is 45.8 Å². The van der Waals surface area contributed by atoms with Crippen molar-refractivity contribution >= 4 is 28.9 Å². The van der Waals surface area contributed by atoms with Crippen LogP contribution in [-0.2, 0) is 42.9 Å². The normalized spacial score (nSPS) is 13.0. The van der Waals surface area contributed by atoms with Gasteiger partial charge in [0.05, 0.1) is 54.1 Å². The molecule has 5 N–H and O–H groups in total. The van der Waals surface area contributed by atoms with Gasteiger partial charge in [-0.1, -0.05) is 13.8 Å². The highest BCUT2D eigenvalue weighted by molar-refractivity contribution is 5.90. The highest BCUT2D eigenvalue weighted by Gasteiger charge is 2.30. The van der Waals surface area contributed by atoms with Crippen molar-refractivity contribution in [2.75, 3.05) is 85.6 Å². The van der Waals surface area contributed by atoms with Crippen LogP contribution in [0.15, 0.2) is 0 Å². The zero-order valence-corrected chi connectivity index (χ0v) is 33.1. The van der Waals surface area contributed by atoms with Crippen molar-refractivity contribution in [3.8, 4) is 0 Å². The first-order valence-corrected chi connectivity index (χ1v) is 17.8. The first-order valence-electron chi connectivity index (χ1n) is 17.8. The van der Waals surface area contributed by atoms with Crippen LogP contribution in [0.3, 0.4) is 0 Å². The van der Waals surface area contributed by atoms with Crippen LogP contribution in [0, 0.1) is 0 Å². The van der Waals surface area contributed by atoms with E-state index in [-0.39, 0.29) is 75.2 Å². The molecule has 0 aliphatic carbocycles. The Morgan fingerprint density at radius 3 is 0.820 bits per heavy atom. The molecule has 0 radical (unpaired) electrons. The molecule has 0 fully saturated rings. The molecule has 0 amide bonds. The third-order valence-electron chi connectivity index (χ3n) is 8.61. The zero-order valence-electron chi connectivity index (χ0n) is 33.1. The summed E-state index contributed by atoms with van der Waals surface area (Å²) in [6, 6.07) is 0. The fraction of sp³-hybridized carbons (Fsp3) is 0.861. The van der Waals surface area contributed by atoms with Gasteiger partial charge in [-0.05, 0) is 75.8 Å². The first-order chi connectivity index (χ1) is 23.1. The van der Waals surface area contributed by atoms with E-state index in [1.807, 2.05) is 41.5 Å². The van der Waals surface area contributed by atoms with E-state index in [2.05, 4.69) is 26.6 Å². The van der Waals surface area contributed by atoms with E-state index in [9.17, 15) is 24.0 Å². The van der Waals surface area contributed by atoms with Gasteiger partial charge in [0.2, 0.25) is 0 Å². The van der Waals surface area contributed by atoms with Crippen LogP contribution >= 0.6 is 0 Å². The Labute approximate surface area is 301 Å². The van der Waals surface area contributed by atoms with Gasteiger partial charge in [-0.2, -0.15) is 0 Å². The number of nitrogens with one attached hydrogen (secondary N) is 5. The van der Waals surface area contributed by atoms with Gasteiger partial charge >= 0.3 is 0 Å². The third kappa shape index (κ3) is 19.0. The summed E-state index contributed by atoms with van der Waals surface area (Å²) in [7, 11) is 0. The Bertz CT molecular complexity index is 1070. The van der Waals surface area contributed by atoms with E-state index in [1.165, 1.54) is 0 Å². The largest absolute Gasteiger partial charge is 0.372 e. The van der Waals surface area contributed by atoms with Gasteiger partial charge in [0, 0.05) is 32.6 Å². The van der Waals surface area contributed by atoms with Crippen LogP contribution < -0.4 is 26.6 Å². The van der Waals surface area contributed by atoms with Gasteiger partial charge in [-0.15, -0.1) is 0 Å². The maximum atomic E-state index is 12.7. The number of likely N-dealkylation sites (N-methyl/N-ethyl adjacent to an activating group) is 1. The monoisotopic (exact) mass is 716 g/mol. The molecule has 292 valence electrons. The average Bonchev–Trinajstić information content (AvgIpc) is 3.02. The summed E-state index contributed by atoms with van der Waals surface area (Å²) in [6.45, 7) is 24.7. The molecule has 0 atom stereocenters. The van der Waals surface area contributed by atoms with Gasteiger partial charge < -0.3 is 45.5 Å². The maximum Gasteiger partial charge on any atom is 0.177 e. The number of hydrogen-bond donors (Lipinski definition) is 5. The highest BCUT2D eigenvalue weighted by atomic mass is 16.5. The molecule has 0 saturated carbocycles. The van der Waals surface area contributed by atoms with Gasteiger partial charge in [0.1, 0.15) is 26.4 Å². The van der Waals surface area contributed by atoms with Crippen molar-refractivity contribution in [2.45, 2.75) is 117 Å². The van der Waals surface area contributed by atoms with Crippen LogP contribution in [0.1, 0.15) is 89.5 Å². The van der Waals surface area contributed by atoms with E-state index in [4.69, 9.17) is 18.9 Å². The maximum absolute atomic E-state index is 12.7. The fourth-order valence-electron chi connectivity index (χ4n) is 4.50. The molecule has 0 aliphatic heterocycles. The Hall–Kier alpha value is -2.01. The Morgan fingerprint density at radius 2 is 0.600 bits per heavy atom. The van der Waals surface area contributed by atoms with Crippen molar-refractivity contribution in [2.24, 2.45) is 0 Å². The van der Waals surface area contributed by atoms with Crippen LogP contribution in [0.5, 0.6) is 0 Å². The van der Waals surface area contributed by atoms with Crippen molar-refractivity contribution in [3.63, 3.8) is 0 Å². The molecule has 0 rings (SSSR count). The number of ether oxygens (including phenoxy) is 4. The Balaban J connectivity index is 4.22. The smallest absolute Gasteiger partial charge is 0.177 e. The zero-order chi connectivity index (χ0) is 38.7. The molecule has 0 bridgehead atoms. The number of hydrogen-bond acceptors (Lipinski definition) is 14. The lowest BCUT2D eigenvalue weighted by molar-refractivity contribution is -0.131. The Morgan fingerprint density at radius 1 is 0.380 bits per heavy atom. The quantitative estimate of drug-likeness (QED) is 0.0626. The van der Waals surface area contributed by atoms with Gasteiger partial charge in [0.15, 0.2) is 28.9 Å². The minimum absolute atomic E-state index is 0.00471. The molecule has 0 spiro atoms. The van der Waals surface area contributed by atoms with E-state index >= 15 is 0 Å². The van der Waals surface area contributed by atoms with Crippen molar-refractivity contribution in [3.05, 3.63) is 0 Å². The molecule has 14 nitrogen and oxygen atoms in total. The standard InChI is InChI=1S/C36H69N5O9/c1-13-27(42)32(3,4)38-15-19-48-24-29(44)34(7,8)40-17-21-50-26-31(46)36(11,12)41-18-22-49-25-30(45)35(9,10)39-16-20-47-23-28(43)33(5,6)37-14-2/h37-41H,13-26H2,1-12H3. The molecule has 0 aromatic carbocycles. The number of carbonyl (C=O) groups excluding carboxylic acids is 5. The molecule has 0 heterocycles. The molecule has 0 aliphatic rings. The second-order valence-electron chi connectivity index (χ2n) is 15.0. The summed E-state index contributed by atoms with van der Waals surface area (Å²) in [6.07, 6.45) is 0.450. The van der Waals surface area contributed by atoms with E-state index in [1.54, 1.807) is 41.5 Å². The SMILES string of the molecule is CCNC(C)(C)C(=O)COCCNC(C)(C)C(=O)COCCNC(C)(C)C(=O)COCCNC(C)(C)C(=O)COCCNC(C)(C)C(=O)CC. The summed E-state index contributed by atoms with van der Waals surface area (Å²) in [5, 5.41) is 15.7. The molecule has 50 heavy (non-hydrogen) atoms. The summed E-state index contributed by atoms with van der Waals surface area (Å²) < 4.78 is 22.1. The third-order valence-corrected chi connectivity index (χ3v) is 8.61. The number of rotatable bonds is 32. The van der Waals surface area contributed by atoms with E-state index < -0.39 is 27.7 Å². The number of carbonyl (C=O) groups is 5. The van der Waals surface area contributed by atoms with Gasteiger partial charge in [0.25, 0.3) is 0 Å². The predicted octanol–water partition coefficient (Wildman–Crippen LogP) is 1.17. The predicted molar refractivity (Wildman–Crippen MR) is 195 cm³/mol. The molecule has 0 unspecified atom stereocenters. The lowest BCUT2D eigenvalue weighted by Crippen LogP contribution is -2.51. The van der Waals surface area contributed by atoms with Crippen LogP contribution in [-0.4, -0.2) is 142 Å². The average molecular weight is 716 g/mol. The second-order valence-corrected chi connectivity index (χ2v) is 15.0. The number of Topliss-reactive ketones (excluding diaryl/α,β-unsaturated/α-hetero) is 5. The van der Waals surface area contributed by atoms with Crippen molar-refractivity contribution in [1.82, 2.24) is 26.6 Å². The van der Waals surface area contributed by atoms with Crippen LogP contribution in [0.25, 0.3) is 0 Å². The second kappa shape index (κ2) is 22.8. The molecule has 0 saturated heterocycles. The highest BCUT2D eigenvalue weighted by Crippen LogP contribution is 2.09. The van der Waals surface area contributed by atoms with E-state index in [0.717, 1.165) is 0 Å². The molecular weight excluding hydrogens is 646 g/mol. The van der Waals surface area contributed by atoms with Crippen molar-refractivity contribution < 1.29 is 42.9 Å². The topological polar surface area (TPSA) is 182 Å². The number of ketones is 5. The molecule has 0 aromatic heterocycles. The molecular formula is C36H69N5O9. The minimum atomic E-state index is -0.870. The fourth-order valence-corrected chi connectivity index (χ4v) is 4.50. The lowest BCUT2D eigenvalue weighted by atomic mass is 9.97. The summed E-state index contributed by atoms with van der Waals surface area (Å²) in [4.78, 5) is 62.2. The summed E-state index contributed by atoms with van der Waals surface area (Å²) >= 11 is 0. The van der Waals surface area contributed by atoms with Gasteiger partial charge in [-0.3, -0.25) is 24.0 Å². The van der Waals surface area contributed by atoms with Gasteiger partial charge in [-0.25, -0.2) is 0 Å². The van der Waals surface area contributed by atoms with Crippen LogP contribution in [0.2, 0.25) is 0 Å². The Kier molecular flexibility index (Phi) is 21.9. The summed E-state index contributed by atoms with van der Waals surface area (Å²) in [5.74, 6) is -0.316. The first kappa shape index (κ1) is 48.0. The minimum Gasteiger partial charge on any atom is -0.372 e. The van der Waals surface area contributed by atoms with Crippen LogP contribution in [0.4, 0.5) is 0 Å². The summed E-state index contributed by atoms with van der Waals surface area (Å²) in [5.41, 5.74) is -3.83. The molecule has 14 heteroatoms. The lowest BCUT2D eigenvalue weighted by Gasteiger charge is -2.27.